The van der Waals surface area contributed by atoms with Gasteiger partial charge in [-0.3, -0.25) is 9.59 Å². The van der Waals surface area contributed by atoms with Gasteiger partial charge in [0.15, 0.2) is 0 Å². The third-order valence-corrected chi connectivity index (χ3v) is 3.87. The minimum atomic E-state index is -0.871. The summed E-state index contributed by atoms with van der Waals surface area (Å²) >= 11 is 0. The SMILES string of the molecule is CCn1cc(NC(=O)N2CC(C)CC(C(=O)O)C2)ccc1=O. The number of rotatable bonds is 3. The first-order valence-electron chi connectivity index (χ1n) is 7.40. The number of pyridine rings is 1. The standard InChI is InChI=1S/C15H21N3O4/c1-3-17-9-12(4-5-13(17)19)16-15(22)18-7-10(2)6-11(8-18)14(20)21/h4-5,9-11H,3,6-8H2,1-2H3,(H,16,22)(H,20,21). The van der Waals surface area contributed by atoms with Crippen LogP contribution in [-0.2, 0) is 11.3 Å². The van der Waals surface area contributed by atoms with E-state index >= 15 is 0 Å². The Morgan fingerprint density at radius 1 is 1.36 bits per heavy atom. The second kappa shape index (κ2) is 6.64. The van der Waals surface area contributed by atoms with Crippen molar-refractivity contribution in [2.45, 2.75) is 26.8 Å². The molecule has 2 heterocycles. The molecule has 1 aliphatic heterocycles. The second-order valence-corrected chi connectivity index (χ2v) is 5.75. The predicted octanol–water partition coefficient (Wildman–Crippen LogP) is 1.44. The molecule has 1 aliphatic rings. The molecular formula is C15H21N3O4. The number of carbonyl (C=O) groups excluding carboxylic acids is 1. The van der Waals surface area contributed by atoms with Gasteiger partial charge in [-0.25, -0.2) is 4.79 Å². The van der Waals surface area contributed by atoms with Crippen molar-refractivity contribution in [1.29, 1.82) is 0 Å². The Kier molecular flexibility index (Phi) is 4.85. The average molecular weight is 307 g/mol. The van der Waals surface area contributed by atoms with Gasteiger partial charge in [-0.05, 0) is 25.3 Å². The number of aromatic nitrogens is 1. The zero-order chi connectivity index (χ0) is 16.3. The van der Waals surface area contributed by atoms with E-state index in [1.54, 1.807) is 12.3 Å². The molecule has 0 radical (unpaired) electrons. The highest BCUT2D eigenvalue weighted by atomic mass is 16.4. The molecular weight excluding hydrogens is 286 g/mol. The number of hydrogen-bond donors (Lipinski definition) is 2. The van der Waals surface area contributed by atoms with Crippen LogP contribution in [0.1, 0.15) is 20.3 Å². The number of carbonyl (C=O) groups is 2. The topological polar surface area (TPSA) is 91.6 Å². The Morgan fingerprint density at radius 2 is 2.09 bits per heavy atom. The van der Waals surface area contributed by atoms with Crippen LogP contribution in [0.2, 0.25) is 0 Å². The maximum absolute atomic E-state index is 12.3. The fourth-order valence-electron chi connectivity index (χ4n) is 2.75. The van der Waals surface area contributed by atoms with Crippen LogP contribution in [0.3, 0.4) is 0 Å². The zero-order valence-electron chi connectivity index (χ0n) is 12.8. The largest absolute Gasteiger partial charge is 0.481 e. The van der Waals surface area contributed by atoms with Crippen molar-refractivity contribution < 1.29 is 14.7 Å². The summed E-state index contributed by atoms with van der Waals surface area (Å²) in [7, 11) is 0. The van der Waals surface area contributed by atoms with Crippen molar-refractivity contribution in [2.24, 2.45) is 11.8 Å². The van der Waals surface area contributed by atoms with E-state index in [1.165, 1.54) is 15.5 Å². The number of carboxylic acids is 1. The number of amides is 2. The summed E-state index contributed by atoms with van der Waals surface area (Å²) in [4.78, 5) is 36.5. The van der Waals surface area contributed by atoms with Gasteiger partial charge in [0.25, 0.3) is 5.56 Å². The Morgan fingerprint density at radius 3 is 2.73 bits per heavy atom. The number of aliphatic carboxylic acids is 1. The van der Waals surface area contributed by atoms with Crippen LogP contribution >= 0.6 is 0 Å². The quantitative estimate of drug-likeness (QED) is 0.884. The monoisotopic (exact) mass is 307 g/mol. The highest BCUT2D eigenvalue weighted by Gasteiger charge is 2.31. The molecule has 2 atom stereocenters. The zero-order valence-corrected chi connectivity index (χ0v) is 12.8. The number of likely N-dealkylation sites (tertiary alicyclic amines) is 1. The number of carboxylic acid groups (broad SMARTS) is 1. The van der Waals surface area contributed by atoms with Crippen molar-refractivity contribution >= 4 is 17.7 Å². The van der Waals surface area contributed by atoms with E-state index in [4.69, 9.17) is 5.11 Å². The van der Waals surface area contributed by atoms with Crippen molar-refractivity contribution in [3.63, 3.8) is 0 Å². The third-order valence-electron chi connectivity index (χ3n) is 3.87. The normalized spacial score (nSPS) is 21.5. The predicted molar refractivity (Wildman–Crippen MR) is 81.9 cm³/mol. The lowest BCUT2D eigenvalue weighted by Crippen LogP contribution is -2.47. The fourth-order valence-corrected chi connectivity index (χ4v) is 2.75. The number of urea groups is 1. The van der Waals surface area contributed by atoms with E-state index in [2.05, 4.69) is 5.32 Å². The number of nitrogens with one attached hydrogen (secondary N) is 1. The number of anilines is 1. The van der Waals surface area contributed by atoms with Gasteiger partial charge in [0.05, 0.1) is 11.6 Å². The fraction of sp³-hybridized carbons (Fsp3) is 0.533. The van der Waals surface area contributed by atoms with Crippen molar-refractivity contribution in [3.8, 4) is 0 Å². The molecule has 7 heteroatoms. The van der Waals surface area contributed by atoms with Gasteiger partial charge in [-0.2, -0.15) is 0 Å². The molecule has 2 N–H and O–H groups in total. The molecule has 22 heavy (non-hydrogen) atoms. The number of aryl methyl sites for hydroxylation is 1. The first-order valence-corrected chi connectivity index (χ1v) is 7.40. The maximum atomic E-state index is 12.3. The molecule has 2 rings (SSSR count). The molecule has 2 amide bonds. The molecule has 0 aromatic carbocycles. The summed E-state index contributed by atoms with van der Waals surface area (Å²) in [5.41, 5.74) is 0.398. The first-order chi connectivity index (χ1) is 10.4. The number of nitrogens with zero attached hydrogens (tertiary/aromatic N) is 2. The van der Waals surface area contributed by atoms with E-state index in [9.17, 15) is 14.4 Å². The molecule has 0 saturated carbocycles. The van der Waals surface area contributed by atoms with E-state index < -0.39 is 11.9 Å². The molecule has 7 nitrogen and oxygen atoms in total. The summed E-state index contributed by atoms with van der Waals surface area (Å²) in [5, 5.41) is 11.9. The highest BCUT2D eigenvalue weighted by Crippen LogP contribution is 2.22. The van der Waals surface area contributed by atoms with Crippen LogP contribution in [0.5, 0.6) is 0 Å². The molecule has 0 aliphatic carbocycles. The molecule has 0 bridgehead atoms. The molecule has 1 saturated heterocycles. The van der Waals surface area contributed by atoms with Crippen LogP contribution in [0.4, 0.5) is 10.5 Å². The van der Waals surface area contributed by atoms with E-state index in [0.29, 0.717) is 25.2 Å². The molecule has 0 spiro atoms. The maximum Gasteiger partial charge on any atom is 0.321 e. The van der Waals surface area contributed by atoms with Crippen LogP contribution in [0.15, 0.2) is 23.1 Å². The van der Waals surface area contributed by atoms with Gasteiger partial charge < -0.3 is 19.9 Å². The molecule has 1 aromatic rings. The number of piperidine rings is 1. The van der Waals surface area contributed by atoms with Gasteiger partial charge in [0, 0.05) is 31.9 Å². The van der Waals surface area contributed by atoms with E-state index in [-0.39, 0.29) is 24.1 Å². The van der Waals surface area contributed by atoms with Gasteiger partial charge >= 0.3 is 12.0 Å². The van der Waals surface area contributed by atoms with Gasteiger partial charge in [0.2, 0.25) is 0 Å². The van der Waals surface area contributed by atoms with Crippen LogP contribution in [-0.4, -0.2) is 39.7 Å². The average Bonchev–Trinajstić information content (AvgIpc) is 2.48. The molecule has 2 unspecified atom stereocenters. The van der Waals surface area contributed by atoms with Crippen molar-refractivity contribution in [1.82, 2.24) is 9.47 Å². The molecule has 120 valence electrons. The minimum absolute atomic E-state index is 0.127. The lowest BCUT2D eigenvalue weighted by Gasteiger charge is -2.34. The summed E-state index contributed by atoms with van der Waals surface area (Å²) in [6.07, 6.45) is 2.17. The van der Waals surface area contributed by atoms with Gasteiger partial charge in [-0.1, -0.05) is 6.92 Å². The Balaban J connectivity index is 2.08. The Labute approximate surface area is 128 Å². The molecule has 1 aromatic heterocycles. The Bertz CT molecular complexity index is 625. The third kappa shape index (κ3) is 3.66. The minimum Gasteiger partial charge on any atom is -0.481 e. The summed E-state index contributed by atoms with van der Waals surface area (Å²) in [6.45, 7) is 5.04. The molecule has 1 fully saturated rings. The van der Waals surface area contributed by atoms with Crippen LogP contribution in [0, 0.1) is 11.8 Å². The summed E-state index contributed by atoms with van der Waals surface area (Å²) < 4.78 is 1.49. The van der Waals surface area contributed by atoms with E-state index in [0.717, 1.165) is 0 Å². The van der Waals surface area contributed by atoms with Crippen LogP contribution < -0.4 is 10.9 Å². The van der Waals surface area contributed by atoms with Crippen molar-refractivity contribution in [2.75, 3.05) is 18.4 Å². The summed E-state index contributed by atoms with van der Waals surface area (Å²) in [5.74, 6) is -1.26. The smallest absolute Gasteiger partial charge is 0.321 e. The highest BCUT2D eigenvalue weighted by molar-refractivity contribution is 5.89. The van der Waals surface area contributed by atoms with E-state index in [1.807, 2.05) is 13.8 Å². The summed E-state index contributed by atoms with van der Waals surface area (Å²) in [6, 6.07) is 2.62. The lowest BCUT2D eigenvalue weighted by atomic mass is 9.91. The number of hydrogen-bond acceptors (Lipinski definition) is 3. The lowest BCUT2D eigenvalue weighted by molar-refractivity contribution is -0.143. The van der Waals surface area contributed by atoms with Crippen molar-refractivity contribution in [3.05, 3.63) is 28.7 Å². The second-order valence-electron chi connectivity index (χ2n) is 5.75. The van der Waals surface area contributed by atoms with Gasteiger partial charge in [-0.15, -0.1) is 0 Å². The Hall–Kier alpha value is -2.31. The van der Waals surface area contributed by atoms with Gasteiger partial charge in [0.1, 0.15) is 0 Å². The van der Waals surface area contributed by atoms with Crippen LogP contribution in [0.25, 0.3) is 0 Å². The first kappa shape index (κ1) is 16.1.